The van der Waals surface area contributed by atoms with Gasteiger partial charge in [-0.25, -0.2) is 4.99 Å². The van der Waals surface area contributed by atoms with E-state index < -0.39 is 0 Å². The smallest absolute Gasteiger partial charge is 0.243 e. The van der Waals surface area contributed by atoms with Gasteiger partial charge in [0, 0.05) is 53.4 Å². The van der Waals surface area contributed by atoms with Crippen LogP contribution in [0.15, 0.2) is 29.3 Å². The Kier molecular flexibility index (Phi) is 10.7. The molecular formula is C20H34IN5O. The second kappa shape index (κ2) is 12.2. The normalized spacial score (nSPS) is 15.3. The van der Waals surface area contributed by atoms with Gasteiger partial charge in [0.15, 0.2) is 5.96 Å². The molecule has 152 valence electrons. The van der Waals surface area contributed by atoms with Crippen molar-refractivity contribution in [1.82, 2.24) is 20.0 Å². The first-order chi connectivity index (χ1) is 12.5. The molecule has 0 spiro atoms. The van der Waals surface area contributed by atoms with Gasteiger partial charge in [0.1, 0.15) is 6.54 Å². The minimum absolute atomic E-state index is 0. The molecule has 0 bridgehead atoms. The molecule has 0 aromatic heterocycles. The third kappa shape index (κ3) is 8.04. The predicted octanol–water partition coefficient (Wildman–Crippen LogP) is 2.17. The molecule has 0 aliphatic carbocycles. The molecule has 1 N–H and O–H groups in total. The number of amides is 1. The van der Waals surface area contributed by atoms with Gasteiger partial charge in [0.25, 0.3) is 0 Å². The van der Waals surface area contributed by atoms with Crippen LogP contribution in [0.25, 0.3) is 0 Å². The molecule has 0 atom stereocenters. The van der Waals surface area contributed by atoms with Crippen molar-refractivity contribution in [3.05, 3.63) is 35.4 Å². The zero-order valence-electron chi connectivity index (χ0n) is 17.1. The number of nitrogens with zero attached hydrogens (tertiary/aromatic N) is 4. The van der Waals surface area contributed by atoms with Crippen LogP contribution in [0.4, 0.5) is 0 Å². The number of piperazine rings is 1. The van der Waals surface area contributed by atoms with Gasteiger partial charge in [-0.1, -0.05) is 36.8 Å². The Morgan fingerprint density at radius 3 is 2.52 bits per heavy atom. The molecule has 1 amide bonds. The van der Waals surface area contributed by atoms with Crippen LogP contribution in [0.5, 0.6) is 0 Å². The Morgan fingerprint density at radius 2 is 1.93 bits per heavy atom. The molecule has 2 rings (SSSR count). The number of carbonyl (C=O) groups excluding carboxylic acids is 1. The highest BCUT2D eigenvalue weighted by Crippen LogP contribution is 2.10. The van der Waals surface area contributed by atoms with Gasteiger partial charge >= 0.3 is 0 Å². The number of nitrogens with one attached hydrogen (secondary N) is 1. The van der Waals surface area contributed by atoms with Gasteiger partial charge in [-0.3, -0.25) is 9.69 Å². The summed E-state index contributed by atoms with van der Waals surface area (Å²) in [7, 11) is 3.53. The van der Waals surface area contributed by atoms with Crippen LogP contribution in [0, 0.1) is 6.92 Å². The highest BCUT2D eigenvalue weighted by Gasteiger charge is 2.20. The lowest BCUT2D eigenvalue weighted by Gasteiger charge is -2.36. The van der Waals surface area contributed by atoms with E-state index in [1.54, 1.807) is 19.0 Å². The molecule has 6 nitrogen and oxygen atoms in total. The summed E-state index contributed by atoms with van der Waals surface area (Å²) in [4.78, 5) is 22.7. The van der Waals surface area contributed by atoms with Crippen LogP contribution >= 0.6 is 24.0 Å². The molecule has 1 heterocycles. The molecule has 1 saturated heterocycles. The lowest BCUT2D eigenvalue weighted by atomic mass is 10.1. The van der Waals surface area contributed by atoms with Gasteiger partial charge in [-0.15, -0.1) is 24.0 Å². The monoisotopic (exact) mass is 487 g/mol. The van der Waals surface area contributed by atoms with E-state index in [1.165, 1.54) is 11.1 Å². The predicted molar refractivity (Wildman–Crippen MR) is 123 cm³/mol. The number of hydrogen-bond acceptors (Lipinski definition) is 3. The molecule has 1 aromatic rings. The fraction of sp³-hybridized carbons (Fsp3) is 0.600. The van der Waals surface area contributed by atoms with Crippen molar-refractivity contribution in [3.8, 4) is 0 Å². The first kappa shape index (κ1) is 23.7. The van der Waals surface area contributed by atoms with Crippen LogP contribution in [0.2, 0.25) is 0 Å². The van der Waals surface area contributed by atoms with Crippen molar-refractivity contribution in [2.45, 2.75) is 26.8 Å². The maximum atomic E-state index is 11.9. The summed E-state index contributed by atoms with van der Waals surface area (Å²) in [6, 6.07) is 8.72. The minimum atomic E-state index is 0. The quantitative estimate of drug-likeness (QED) is 0.380. The number of guanidine groups is 1. The highest BCUT2D eigenvalue weighted by atomic mass is 127. The first-order valence-corrected chi connectivity index (χ1v) is 9.51. The molecule has 1 aliphatic heterocycles. The number of carbonyl (C=O) groups is 1. The number of halogens is 1. The summed E-state index contributed by atoms with van der Waals surface area (Å²) in [6.07, 6.45) is 1.04. The topological polar surface area (TPSA) is 51.2 Å². The number of hydrogen-bond donors (Lipinski definition) is 1. The van der Waals surface area contributed by atoms with Crippen LogP contribution in [-0.4, -0.2) is 79.9 Å². The third-order valence-corrected chi connectivity index (χ3v) is 4.56. The van der Waals surface area contributed by atoms with Crippen molar-refractivity contribution in [2.24, 2.45) is 4.99 Å². The molecule has 27 heavy (non-hydrogen) atoms. The van der Waals surface area contributed by atoms with Crippen LogP contribution in [0.1, 0.15) is 24.5 Å². The van der Waals surface area contributed by atoms with Gasteiger partial charge in [-0.2, -0.15) is 0 Å². The Balaban J connectivity index is 0.00000364. The van der Waals surface area contributed by atoms with E-state index in [-0.39, 0.29) is 36.4 Å². The molecule has 7 heteroatoms. The summed E-state index contributed by atoms with van der Waals surface area (Å²) in [5.74, 6) is 0.885. The molecule has 0 saturated carbocycles. The van der Waals surface area contributed by atoms with Crippen LogP contribution < -0.4 is 5.32 Å². The molecule has 1 fully saturated rings. The fourth-order valence-corrected chi connectivity index (χ4v) is 2.97. The summed E-state index contributed by atoms with van der Waals surface area (Å²) in [5.41, 5.74) is 2.68. The largest absolute Gasteiger partial charge is 0.356 e. The highest BCUT2D eigenvalue weighted by molar-refractivity contribution is 14.0. The number of aliphatic imine (C=N–C) groups is 1. The second-order valence-corrected chi connectivity index (χ2v) is 7.11. The Hall–Kier alpha value is -1.35. The van der Waals surface area contributed by atoms with E-state index in [2.05, 4.69) is 58.2 Å². The molecule has 0 radical (unpaired) electrons. The standard InChI is InChI=1S/C20H33N5O.HI/c1-5-9-21-20(22-15-19(26)23(3)4)25-12-10-24(11-13-25)16-18-8-6-7-17(2)14-18;/h6-8,14H,5,9-13,15-16H2,1-4H3,(H,21,22);1H. The summed E-state index contributed by atoms with van der Waals surface area (Å²) in [5, 5.41) is 3.39. The number of likely N-dealkylation sites (N-methyl/N-ethyl adjacent to an activating group) is 1. The van der Waals surface area contributed by atoms with E-state index in [0.717, 1.165) is 51.6 Å². The second-order valence-electron chi connectivity index (χ2n) is 7.11. The molecule has 1 aliphatic rings. The van der Waals surface area contributed by atoms with E-state index in [0.29, 0.717) is 0 Å². The maximum Gasteiger partial charge on any atom is 0.243 e. The van der Waals surface area contributed by atoms with E-state index in [9.17, 15) is 4.79 Å². The zero-order valence-corrected chi connectivity index (χ0v) is 19.4. The SMILES string of the molecule is CCCNC(=NCC(=O)N(C)C)N1CCN(Cc2cccc(C)c2)CC1.I. The van der Waals surface area contributed by atoms with E-state index >= 15 is 0 Å². The van der Waals surface area contributed by atoms with Gasteiger partial charge in [0.05, 0.1) is 0 Å². The van der Waals surface area contributed by atoms with Gasteiger partial charge in [-0.05, 0) is 18.9 Å². The van der Waals surface area contributed by atoms with Crippen LogP contribution in [-0.2, 0) is 11.3 Å². The lowest BCUT2D eigenvalue weighted by molar-refractivity contribution is -0.127. The molecular weight excluding hydrogens is 453 g/mol. The summed E-state index contributed by atoms with van der Waals surface area (Å²) in [6.45, 7) is 10.2. The number of rotatable bonds is 6. The number of benzene rings is 1. The van der Waals surface area contributed by atoms with Crippen molar-refractivity contribution in [2.75, 3.05) is 53.4 Å². The Labute approximate surface area is 181 Å². The third-order valence-electron chi connectivity index (χ3n) is 4.56. The van der Waals surface area contributed by atoms with Crippen LogP contribution in [0.3, 0.4) is 0 Å². The minimum Gasteiger partial charge on any atom is -0.356 e. The summed E-state index contributed by atoms with van der Waals surface area (Å²) >= 11 is 0. The van der Waals surface area contributed by atoms with E-state index in [4.69, 9.17) is 0 Å². The lowest BCUT2D eigenvalue weighted by Crippen LogP contribution is -2.52. The summed E-state index contributed by atoms with van der Waals surface area (Å²) < 4.78 is 0. The van der Waals surface area contributed by atoms with E-state index in [1.807, 2.05) is 0 Å². The Morgan fingerprint density at radius 1 is 1.22 bits per heavy atom. The van der Waals surface area contributed by atoms with Crippen molar-refractivity contribution < 1.29 is 4.79 Å². The van der Waals surface area contributed by atoms with Gasteiger partial charge < -0.3 is 15.1 Å². The number of aryl methyl sites for hydroxylation is 1. The maximum absolute atomic E-state index is 11.9. The fourth-order valence-electron chi connectivity index (χ4n) is 2.97. The first-order valence-electron chi connectivity index (χ1n) is 9.51. The molecule has 1 aromatic carbocycles. The average molecular weight is 487 g/mol. The average Bonchev–Trinajstić information content (AvgIpc) is 2.62. The van der Waals surface area contributed by atoms with Crippen molar-refractivity contribution >= 4 is 35.8 Å². The molecule has 0 unspecified atom stereocenters. The zero-order chi connectivity index (χ0) is 18.9. The Bertz CT molecular complexity index is 612. The van der Waals surface area contributed by atoms with Crippen molar-refractivity contribution in [3.63, 3.8) is 0 Å². The van der Waals surface area contributed by atoms with Gasteiger partial charge in [0.2, 0.25) is 5.91 Å². The van der Waals surface area contributed by atoms with Crippen molar-refractivity contribution in [1.29, 1.82) is 0 Å².